The number of hydrogen-bond acceptors (Lipinski definition) is 6. The molecule has 3 rings (SSSR count). The molecular weight excluding hydrogens is 420 g/mol. The van der Waals surface area contributed by atoms with Crippen molar-refractivity contribution in [3.05, 3.63) is 71.8 Å². The van der Waals surface area contributed by atoms with Crippen LogP contribution >= 0.6 is 0 Å². The molecule has 0 radical (unpaired) electrons. The molecule has 0 bridgehead atoms. The average Bonchev–Trinajstić information content (AvgIpc) is 2.72. The molecule has 0 saturated carbocycles. The third-order valence-electron chi connectivity index (χ3n) is 4.23. The van der Waals surface area contributed by atoms with E-state index >= 15 is 0 Å². The molecule has 3 aromatic rings. The SMILES string of the molecule is CS(=O)c1ccc(O)c(C=Nc2ccccc2N=Cc2cc(S(C)=O)ccc2O)c1. The molecule has 0 heterocycles. The Bertz CT molecular complexity index is 1100. The quantitative estimate of drug-likeness (QED) is 0.564. The fraction of sp³-hybridized carbons (Fsp3) is 0.0909. The minimum Gasteiger partial charge on any atom is -0.507 e. The molecule has 2 unspecified atom stereocenters. The van der Waals surface area contributed by atoms with Crippen LogP contribution in [0.5, 0.6) is 11.5 Å². The molecule has 3 aromatic carbocycles. The van der Waals surface area contributed by atoms with Gasteiger partial charge in [-0.25, -0.2) is 0 Å². The van der Waals surface area contributed by atoms with Gasteiger partial charge in [-0.1, -0.05) is 12.1 Å². The summed E-state index contributed by atoms with van der Waals surface area (Å²) in [5.41, 5.74) is 1.98. The molecule has 154 valence electrons. The molecule has 0 saturated heterocycles. The summed E-state index contributed by atoms with van der Waals surface area (Å²) >= 11 is 0. The summed E-state index contributed by atoms with van der Waals surface area (Å²) in [7, 11) is -2.35. The van der Waals surface area contributed by atoms with Crippen LogP contribution in [0.25, 0.3) is 0 Å². The first-order valence-corrected chi connectivity index (χ1v) is 12.0. The molecule has 0 aliphatic heterocycles. The summed E-state index contributed by atoms with van der Waals surface area (Å²) in [6.07, 6.45) is 6.10. The van der Waals surface area contributed by atoms with Crippen molar-refractivity contribution < 1.29 is 18.6 Å². The first kappa shape index (κ1) is 21.6. The van der Waals surface area contributed by atoms with Crippen molar-refractivity contribution in [2.75, 3.05) is 12.5 Å². The summed E-state index contributed by atoms with van der Waals surface area (Å²) in [5.74, 6) is 0.0615. The van der Waals surface area contributed by atoms with Crippen molar-refractivity contribution in [2.45, 2.75) is 9.79 Å². The zero-order valence-electron chi connectivity index (χ0n) is 16.4. The van der Waals surface area contributed by atoms with Crippen LogP contribution in [0.2, 0.25) is 0 Å². The van der Waals surface area contributed by atoms with Crippen LogP contribution < -0.4 is 0 Å². The van der Waals surface area contributed by atoms with Crippen LogP contribution in [0.1, 0.15) is 11.1 Å². The molecule has 0 amide bonds. The van der Waals surface area contributed by atoms with E-state index in [4.69, 9.17) is 0 Å². The van der Waals surface area contributed by atoms with Crippen molar-refractivity contribution in [3.63, 3.8) is 0 Å². The number of para-hydroxylation sites is 2. The fourth-order valence-corrected chi connectivity index (χ4v) is 3.70. The number of nitrogens with zero attached hydrogens (tertiary/aromatic N) is 2. The van der Waals surface area contributed by atoms with Gasteiger partial charge in [0.05, 0.1) is 11.4 Å². The highest BCUT2D eigenvalue weighted by Crippen LogP contribution is 2.29. The van der Waals surface area contributed by atoms with Crippen molar-refractivity contribution in [2.24, 2.45) is 9.98 Å². The number of benzene rings is 3. The molecule has 0 spiro atoms. The van der Waals surface area contributed by atoms with E-state index in [1.165, 1.54) is 24.6 Å². The van der Waals surface area contributed by atoms with Gasteiger partial charge in [0.2, 0.25) is 0 Å². The van der Waals surface area contributed by atoms with Crippen LogP contribution in [0.15, 0.2) is 80.4 Å². The fourth-order valence-electron chi connectivity index (χ4n) is 2.59. The summed E-state index contributed by atoms with van der Waals surface area (Å²) in [4.78, 5) is 9.99. The Morgan fingerprint density at radius 3 is 1.47 bits per heavy atom. The predicted molar refractivity (Wildman–Crippen MR) is 122 cm³/mol. The minimum atomic E-state index is -1.17. The topological polar surface area (TPSA) is 99.3 Å². The Morgan fingerprint density at radius 2 is 1.10 bits per heavy atom. The number of aliphatic imine (C=N–C) groups is 2. The first-order chi connectivity index (χ1) is 14.3. The highest BCUT2D eigenvalue weighted by atomic mass is 32.2. The van der Waals surface area contributed by atoms with E-state index in [9.17, 15) is 18.6 Å². The lowest BCUT2D eigenvalue weighted by Crippen LogP contribution is -1.91. The van der Waals surface area contributed by atoms with E-state index in [1.807, 2.05) is 0 Å². The molecule has 0 aliphatic carbocycles. The Balaban J connectivity index is 1.93. The Kier molecular flexibility index (Phi) is 6.91. The number of aromatic hydroxyl groups is 2. The second-order valence-corrected chi connectivity index (χ2v) is 9.11. The summed E-state index contributed by atoms with van der Waals surface area (Å²) in [6.45, 7) is 0. The van der Waals surface area contributed by atoms with Gasteiger partial charge < -0.3 is 10.2 Å². The standard InChI is InChI=1S/C22H20N2O4S2/c1-29(27)17-7-9-21(25)15(11-17)13-23-19-5-3-4-6-20(19)24-14-16-12-18(30(2)28)8-10-22(16)26/h3-14,25-26H,1-2H3. The van der Waals surface area contributed by atoms with E-state index in [1.54, 1.807) is 61.0 Å². The summed E-state index contributed by atoms with van der Waals surface area (Å²) in [5, 5.41) is 20.1. The Hall–Kier alpha value is -3.10. The maximum Gasteiger partial charge on any atom is 0.124 e. The molecule has 0 aliphatic rings. The maximum absolute atomic E-state index is 11.7. The number of phenolic OH excluding ortho intramolecular Hbond substituents is 2. The monoisotopic (exact) mass is 440 g/mol. The molecule has 6 nitrogen and oxygen atoms in total. The van der Waals surface area contributed by atoms with E-state index in [2.05, 4.69) is 9.98 Å². The summed E-state index contributed by atoms with van der Waals surface area (Å²) in [6, 6.07) is 16.5. The minimum absolute atomic E-state index is 0.0308. The van der Waals surface area contributed by atoms with Gasteiger partial charge in [0.25, 0.3) is 0 Å². The van der Waals surface area contributed by atoms with E-state index in [0.29, 0.717) is 32.3 Å². The molecule has 30 heavy (non-hydrogen) atoms. The normalized spacial score (nSPS) is 13.7. The van der Waals surface area contributed by atoms with Crippen LogP contribution in [0.3, 0.4) is 0 Å². The van der Waals surface area contributed by atoms with Gasteiger partial charge in [-0.15, -0.1) is 0 Å². The van der Waals surface area contributed by atoms with Gasteiger partial charge in [0, 0.05) is 67.5 Å². The lowest BCUT2D eigenvalue weighted by molar-refractivity contribution is 0.473. The van der Waals surface area contributed by atoms with Gasteiger partial charge in [0.1, 0.15) is 11.5 Å². The maximum atomic E-state index is 11.7. The summed E-state index contributed by atoms with van der Waals surface area (Å²) < 4.78 is 23.4. The first-order valence-electron chi connectivity index (χ1n) is 8.85. The smallest absolute Gasteiger partial charge is 0.124 e. The number of phenols is 2. The van der Waals surface area contributed by atoms with Crippen LogP contribution in [0.4, 0.5) is 11.4 Å². The van der Waals surface area contributed by atoms with E-state index < -0.39 is 21.6 Å². The van der Waals surface area contributed by atoms with Crippen molar-refractivity contribution in [3.8, 4) is 11.5 Å². The van der Waals surface area contributed by atoms with Crippen LogP contribution in [0, 0.1) is 0 Å². The van der Waals surface area contributed by atoms with Gasteiger partial charge in [-0.2, -0.15) is 0 Å². The second kappa shape index (κ2) is 9.60. The molecule has 2 N–H and O–H groups in total. The zero-order valence-corrected chi connectivity index (χ0v) is 18.0. The Labute approximate surface area is 179 Å². The van der Waals surface area contributed by atoms with E-state index in [0.717, 1.165) is 0 Å². The van der Waals surface area contributed by atoms with Gasteiger partial charge >= 0.3 is 0 Å². The second-order valence-electron chi connectivity index (χ2n) is 6.35. The molecule has 8 heteroatoms. The third-order valence-corrected chi connectivity index (χ3v) is 6.06. The van der Waals surface area contributed by atoms with Gasteiger partial charge in [-0.3, -0.25) is 18.4 Å². The van der Waals surface area contributed by atoms with Crippen molar-refractivity contribution in [1.82, 2.24) is 0 Å². The molecule has 0 aromatic heterocycles. The Morgan fingerprint density at radius 1 is 0.700 bits per heavy atom. The highest BCUT2D eigenvalue weighted by molar-refractivity contribution is 7.84. The lowest BCUT2D eigenvalue weighted by Gasteiger charge is -2.04. The van der Waals surface area contributed by atoms with Crippen molar-refractivity contribution >= 4 is 45.4 Å². The zero-order chi connectivity index (χ0) is 21.7. The largest absolute Gasteiger partial charge is 0.507 e. The highest BCUT2D eigenvalue weighted by Gasteiger charge is 2.06. The van der Waals surface area contributed by atoms with Crippen molar-refractivity contribution in [1.29, 1.82) is 0 Å². The van der Waals surface area contributed by atoms with Gasteiger partial charge in [-0.05, 0) is 48.5 Å². The third kappa shape index (κ3) is 5.28. The molecular formula is C22H20N2O4S2. The number of hydrogen-bond donors (Lipinski definition) is 2. The van der Waals surface area contributed by atoms with Crippen LogP contribution in [-0.4, -0.2) is 43.6 Å². The van der Waals surface area contributed by atoms with Crippen LogP contribution in [-0.2, 0) is 21.6 Å². The molecule has 0 fully saturated rings. The van der Waals surface area contributed by atoms with Gasteiger partial charge in [0.15, 0.2) is 0 Å². The lowest BCUT2D eigenvalue weighted by atomic mass is 10.2. The predicted octanol–water partition coefficient (Wildman–Crippen LogP) is 4.07. The molecule has 2 atom stereocenters. The number of rotatable bonds is 6. The van der Waals surface area contributed by atoms with E-state index in [-0.39, 0.29) is 11.5 Å². The average molecular weight is 441 g/mol.